The molecule has 2 aliphatic heterocycles. The van der Waals surface area contributed by atoms with Gasteiger partial charge in [-0.25, -0.2) is 0 Å². The van der Waals surface area contributed by atoms with Crippen molar-refractivity contribution in [2.75, 3.05) is 59.0 Å². The maximum absolute atomic E-state index is 5.45. The highest BCUT2D eigenvalue weighted by molar-refractivity contribution is 5.85. The fraction of sp³-hybridized carbons (Fsp3) is 1.00. The Morgan fingerprint density at radius 2 is 1.55 bits per heavy atom. The highest BCUT2D eigenvalue weighted by atomic mass is 35.5. The van der Waals surface area contributed by atoms with Gasteiger partial charge in [-0.1, -0.05) is 0 Å². The van der Waals surface area contributed by atoms with E-state index < -0.39 is 0 Å². The topological polar surface area (TPSA) is 41.7 Å². The Labute approximate surface area is 136 Å². The van der Waals surface area contributed by atoms with E-state index in [4.69, 9.17) is 10.5 Å². The Bertz CT molecular complexity index is 220. The second-order valence-corrected chi connectivity index (χ2v) is 5.69. The monoisotopic (exact) mass is 327 g/mol. The molecule has 0 radical (unpaired) electrons. The van der Waals surface area contributed by atoms with Crippen LogP contribution in [-0.4, -0.2) is 68.8 Å². The third-order valence-electron chi connectivity index (χ3n) is 4.24. The van der Waals surface area contributed by atoms with Crippen LogP contribution in [0.25, 0.3) is 0 Å². The number of nitrogens with zero attached hydrogens (tertiary/aromatic N) is 2. The molecule has 0 spiro atoms. The van der Waals surface area contributed by atoms with E-state index in [2.05, 4.69) is 9.80 Å². The van der Waals surface area contributed by atoms with E-state index in [0.29, 0.717) is 13.2 Å². The summed E-state index contributed by atoms with van der Waals surface area (Å²) >= 11 is 0. The zero-order chi connectivity index (χ0) is 12.6. The first-order valence-electron chi connectivity index (χ1n) is 7.61. The highest BCUT2D eigenvalue weighted by Gasteiger charge is 2.22. The molecule has 2 saturated heterocycles. The normalized spacial score (nSPS) is 21.4. The number of hydrogen-bond acceptors (Lipinski definition) is 4. The van der Waals surface area contributed by atoms with Crippen LogP contribution < -0.4 is 5.73 Å². The standard InChI is InChI=1S/C14H29N3O.2ClH/c15-5-11-18-12-10-16-8-3-14(4-9-16)13-17-6-1-2-7-17;;/h14H,1-13,15H2;2*1H. The number of rotatable bonds is 7. The quantitative estimate of drug-likeness (QED) is 0.721. The van der Waals surface area contributed by atoms with Gasteiger partial charge in [0.1, 0.15) is 0 Å². The molecule has 2 rings (SSSR count). The summed E-state index contributed by atoms with van der Waals surface area (Å²) in [6, 6.07) is 0. The maximum atomic E-state index is 5.45. The van der Waals surface area contributed by atoms with Crippen molar-refractivity contribution in [3.05, 3.63) is 0 Å². The van der Waals surface area contributed by atoms with Crippen LogP contribution in [0.15, 0.2) is 0 Å². The lowest BCUT2D eigenvalue weighted by Crippen LogP contribution is -2.39. The predicted octanol–water partition coefficient (Wildman–Crippen LogP) is 1.61. The second kappa shape index (κ2) is 12.0. The van der Waals surface area contributed by atoms with Crippen molar-refractivity contribution < 1.29 is 4.74 Å². The van der Waals surface area contributed by atoms with Crippen molar-refractivity contribution >= 4 is 24.8 Å². The van der Waals surface area contributed by atoms with E-state index in [1.165, 1.54) is 58.4 Å². The SMILES string of the molecule is Cl.Cl.NCCOCCN1CCC(CN2CCCC2)CC1. The lowest BCUT2D eigenvalue weighted by atomic mass is 9.96. The molecule has 0 aromatic rings. The van der Waals surface area contributed by atoms with Crippen molar-refractivity contribution in [3.8, 4) is 0 Å². The zero-order valence-electron chi connectivity index (χ0n) is 12.5. The Balaban J connectivity index is 0.00000180. The Kier molecular flexibility index (Phi) is 12.3. The Hall–Kier alpha value is 0.420. The van der Waals surface area contributed by atoms with Gasteiger partial charge in [0.05, 0.1) is 13.2 Å². The number of hydrogen-bond donors (Lipinski definition) is 1. The molecule has 0 aliphatic carbocycles. The van der Waals surface area contributed by atoms with Crippen molar-refractivity contribution in [2.45, 2.75) is 25.7 Å². The predicted molar refractivity (Wildman–Crippen MR) is 89.2 cm³/mol. The van der Waals surface area contributed by atoms with Gasteiger partial charge in [-0.2, -0.15) is 0 Å². The summed E-state index contributed by atoms with van der Waals surface area (Å²) in [6.07, 6.45) is 5.56. The molecule has 0 aromatic heterocycles. The van der Waals surface area contributed by atoms with E-state index in [-0.39, 0.29) is 24.8 Å². The summed E-state index contributed by atoms with van der Waals surface area (Å²) in [6.45, 7) is 9.79. The van der Waals surface area contributed by atoms with E-state index in [9.17, 15) is 0 Å². The summed E-state index contributed by atoms with van der Waals surface area (Å²) in [7, 11) is 0. The molecule has 20 heavy (non-hydrogen) atoms. The summed E-state index contributed by atoms with van der Waals surface area (Å²) in [5.41, 5.74) is 5.40. The van der Waals surface area contributed by atoms with Gasteiger partial charge >= 0.3 is 0 Å². The highest BCUT2D eigenvalue weighted by Crippen LogP contribution is 2.20. The van der Waals surface area contributed by atoms with Crippen LogP contribution >= 0.6 is 24.8 Å². The van der Waals surface area contributed by atoms with Gasteiger partial charge < -0.3 is 20.3 Å². The number of likely N-dealkylation sites (tertiary alicyclic amines) is 2. The first-order chi connectivity index (χ1) is 8.88. The molecule has 2 aliphatic rings. The summed E-state index contributed by atoms with van der Waals surface area (Å²) in [4.78, 5) is 5.20. The Morgan fingerprint density at radius 1 is 0.900 bits per heavy atom. The van der Waals surface area contributed by atoms with Crippen LogP contribution in [-0.2, 0) is 4.74 Å². The lowest BCUT2D eigenvalue weighted by Gasteiger charge is -2.33. The van der Waals surface area contributed by atoms with Crippen LogP contribution in [0.4, 0.5) is 0 Å². The molecule has 0 amide bonds. The molecule has 4 nitrogen and oxygen atoms in total. The summed E-state index contributed by atoms with van der Waals surface area (Å²) in [5, 5.41) is 0. The molecule has 0 saturated carbocycles. The van der Waals surface area contributed by atoms with Gasteiger partial charge in [0.2, 0.25) is 0 Å². The summed E-state index contributed by atoms with van der Waals surface area (Å²) in [5.74, 6) is 0.935. The van der Waals surface area contributed by atoms with Crippen molar-refractivity contribution in [1.29, 1.82) is 0 Å². The van der Waals surface area contributed by atoms with Crippen LogP contribution in [0.2, 0.25) is 0 Å². The molecule has 0 atom stereocenters. The molecule has 2 fully saturated rings. The first-order valence-corrected chi connectivity index (χ1v) is 7.61. The maximum Gasteiger partial charge on any atom is 0.0594 e. The number of nitrogens with two attached hydrogens (primary N) is 1. The minimum Gasteiger partial charge on any atom is -0.379 e. The minimum absolute atomic E-state index is 0. The molecular weight excluding hydrogens is 297 g/mol. The molecule has 0 aromatic carbocycles. The third-order valence-corrected chi connectivity index (χ3v) is 4.24. The zero-order valence-corrected chi connectivity index (χ0v) is 14.1. The average molecular weight is 328 g/mol. The Morgan fingerprint density at radius 3 is 2.15 bits per heavy atom. The van der Waals surface area contributed by atoms with E-state index >= 15 is 0 Å². The molecule has 2 N–H and O–H groups in total. The van der Waals surface area contributed by atoms with Crippen LogP contribution in [0.1, 0.15) is 25.7 Å². The second-order valence-electron chi connectivity index (χ2n) is 5.69. The van der Waals surface area contributed by atoms with Crippen molar-refractivity contribution in [2.24, 2.45) is 11.7 Å². The van der Waals surface area contributed by atoms with Crippen LogP contribution in [0.3, 0.4) is 0 Å². The molecule has 0 bridgehead atoms. The van der Waals surface area contributed by atoms with Gasteiger partial charge in [0.15, 0.2) is 0 Å². The van der Waals surface area contributed by atoms with Gasteiger partial charge in [-0.3, -0.25) is 0 Å². The fourth-order valence-electron chi connectivity index (χ4n) is 3.10. The van der Waals surface area contributed by atoms with Gasteiger partial charge in [0.25, 0.3) is 0 Å². The van der Waals surface area contributed by atoms with Gasteiger partial charge in [-0.05, 0) is 57.8 Å². The molecule has 6 heteroatoms. The fourth-order valence-corrected chi connectivity index (χ4v) is 3.10. The van der Waals surface area contributed by atoms with Gasteiger partial charge in [0, 0.05) is 19.6 Å². The third kappa shape index (κ3) is 7.43. The smallest absolute Gasteiger partial charge is 0.0594 e. The van der Waals surface area contributed by atoms with Crippen LogP contribution in [0, 0.1) is 5.92 Å². The summed E-state index contributed by atoms with van der Waals surface area (Å²) < 4.78 is 5.45. The van der Waals surface area contributed by atoms with E-state index in [1.807, 2.05) is 0 Å². The number of ether oxygens (including phenoxy) is 1. The molecule has 2 heterocycles. The average Bonchev–Trinajstić information content (AvgIpc) is 2.89. The first kappa shape index (κ1) is 20.4. The lowest BCUT2D eigenvalue weighted by molar-refractivity contribution is 0.0875. The van der Waals surface area contributed by atoms with Crippen molar-refractivity contribution in [1.82, 2.24) is 9.80 Å². The number of halogens is 2. The van der Waals surface area contributed by atoms with Crippen LogP contribution in [0.5, 0.6) is 0 Å². The van der Waals surface area contributed by atoms with Crippen molar-refractivity contribution in [3.63, 3.8) is 0 Å². The molecular formula is C14H31Cl2N3O. The van der Waals surface area contributed by atoms with E-state index in [0.717, 1.165) is 19.1 Å². The van der Waals surface area contributed by atoms with Gasteiger partial charge in [-0.15, -0.1) is 24.8 Å². The minimum atomic E-state index is 0. The van der Waals surface area contributed by atoms with E-state index in [1.54, 1.807) is 0 Å². The molecule has 0 unspecified atom stereocenters. The largest absolute Gasteiger partial charge is 0.379 e. The molecule has 122 valence electrons. The number of piperidine rings is 1.